The van der Waals surface area contributed by atoms with Crippen LogP contribution >= 0.6 is 0 Å². The van der Waals surface area contributed by atoms with Gasteiger partial charge in [0.25, 0.3) is 0 Å². The number of rotatable bonds is 0. The summed E-state index contributed by atoms with van der Waals surface area (Å²) in [6, 6.07) is 0.663. The van der Waals surface area contributed by atoms with Crippen LogP contribution in [0.5, 0.6) is 0 Å². The third-order valence-corrected chi connectivity index (χ3v) is 1.57. The number of hydrogen-bond acceptors (Lipinski definition) is 1. The molecule has 0 aromatic carbocycles. The number of piperazine rings is 1. The van der Waals surface area contributed by atoms with Crippen LogP contribution in [0.2, 0.25) is 0 Å². The second-order valence-corrected chi connectivity index (χ2v) is 2.56. The molecule has 1 saturated heterocycles. The molecule has 0 aromatic heterocycles. The number of nitrogens with one attached hydrogen (secondary N) is 2. The molecule has 0 aromatic rings. The van der Waals surface area contributed by atoms with Gasteiger partial charge in [-0.1, -0.05) is 13.8 Å². The van der Waals surface area contributed by atoms with Gasteiger partial charge in [0.15, 0.2) is 0 Å². The molecule has 0 spiro atoms. The Hall–Kier alpha value is -0.0800. The molecule has 0 amide bonds. The van der Waals surface area contributed by atoms with Crippen LogP contribution < -0.4 is 10.2 Å². The summed E-state index contributed by atoms with van der Waals surface area (Å²) in [4.78, 5) is 1.40. The van der Waals surface area contributed by atoms with E-state index in [1.807, 2.05) is 13.8 Å². The van der Waals surface area contributed by atoms with E-state index in [1.165, 1.54) is 18.0 Å². The maximum Gasteiger partial charge on any atom is 0.0684 e. The summed E-state index contributed by atoms with van der Waals surface area (Å²) in [5, 5.41) is 3.35. The average Bonchev–Trinajstić information content (AvgIpc) is 1.91. The summed E-state index contributed by atoms with van der Waals surface area (Å²) < 4.78 is 0. The van der Waals surface area contributed by atoms with Crippen molar-refractivity contribution in [2.24, 2.45) is 0 Å². The van der Waals surface area contributed by atoms with Crippen molar-refractivity contribution >= 4 is 0 Å². The summed E-state index contributed by atoms with van der Waals surface area (Å²) in [5.74, 6) is 0. The fraction of sp³-hybridized carbons (Fsp3) is 0.875. The Labute approximate surface area is 64.6 Å². The second kappa shape index (κ2) is 5.69. The molecular weight excluding hydrogens is 124 g/mol. The minimum absolute atomic E-state index is 0.663. The second-order valence-electron chi connectivity index (χ2n) is 2.56. The predicted molar refractivity (Wildman–Crippen MR) is 44.9 cm³/mol. The zero-order chi connectivity index (χ0) is 7.98. The smallest absolute Gasteiger partial charge is 0.0684 e. The van der Waals surface area contributed by atoms with E-state index in [2.05, 4.69) is 19.3 Å². The third-order valence-electron chi connectivity index (χ3n) is 1.57. The fourth-order valence-corrected chi connectivity index (χ4v) is 1.10. The Morgan fingerprint density at radius 2 is 2.10 bits per heavy atom. The molecule has 2 N–H and O–H groups in total. The lowest BCUT2D eigenvalue weighted by molar-refractivity contribution is -0.858. The molecule has 0 aliphatic carbocycles. The van der Waals surface area contributed by atoms with Crippen LogP contribution in [0.1, 0.15) is 20.8 Å². The Morgan fingerprint density at radius 3 is 2.40 bits per heavy atom. The first kappa shape index (κ1) is 9.92. The van der Waals surface area contributed by atoms with Gasteiger partial charge in [-0.2, -0.15) is 7.05 Å². The van der Waals surface area contributed by atoms with Crippen LogP contribution in [-0.4, -0.2) is 25.7 Å². The largest absolute Gasteiger partial charge is 0.466 e. The van der Waals surface area contributed by atoms with Crippen molar-refractivity contribution in [3.8, 4) is 0 Å². The SMILES string of the molecule is CC.[CH2-][NH+]1CCNC(C)C1. The van der Waals surface area contributed by atoms with Crippen LogP contribution in [-0.2, 0) is 0 Å². The normalized spacial score (nSPS) is 32.4. The Bertz CT molecular complexity index is 65.7. The van der Waals surface area contributed by atoms with Crippen molar-refractivity contribution in [3.05, 3.63) is 7.05 Å². The van der Waals surface area contributed by atoms with E-state index in [-0.39, 0.29) is 0 Å². The summed E-state index contributed by atoms with van der Waals surface area (Å²) in [6.07, 6.45) is 0. The van der Waals surface area contributed by atoms with Gasteiger partial charge in [0.1, 0.15) is 0 Å². The van der Waals surface area contributed by atoms with Crippen LogP contribution in [0.25, 0.3) is 0 Å². The van der Waals surface area contributed by atoms with E-state index < -0.39 is 0 Å². The highest BCUT2D eigenvalue weighted by Gasteiger charge is 2.09. The summed E-state index contributed by atoms with van der Waals surface area (Å²) in [5.41, 5.74) is 0. The Morgan fingerprint density at radius 1 is 1.50 bits per heavy atom. The molecule has 2 unspecified atom stereocenters. The summed E-state index contributed by atoms with van der Waals surface area (Å²) in [6.45, 7) is 9.66. The van der Waals surface area contributed by atoms with Gasteiger partial charge in [-0.3, -0.25) is 0 Å². The van der Waals surface area contributed by atoms with Gasteiger partial charge in [-0.25, -0.2) is 0 Å². The standard InChI is InChI=1S/C6H14N2.C2H6/c1-6-5-8(2)4-3-7-6;1-2/h6-8H,2-5H2,1H3;1-2H3. The van der Waals surface area contributed by atoms with Gasteiger partial charge in [0.2, 0.25) is 0 Å². The van der Waals surface area contributed by atoms with Crippen LogP contribution in [0, 0.1) is 7.05 Å². The zero-order valence-electron chi connectivity index (χ0n) is 7.41. The van der Waals surface area contributed by atoms with E-state index in [4.69, 9.17) is 0 Å². The molecule has 1 aliphatic heterocycles. The lowest BCUT2D eigenvalue weighted by atomic mass is 10.2. The predicted octanol–water partition coefficient (Wildman–Crippen LogP) is -0.319. The quantitative estimate of drug-likeness (QED) is 0.446. The van der Waals surface area contributed by atoms with Gasteiger partial charge in [0, 0.05) is 6.54 Å². The van der Waals surface area contributed by atoms with E-state index >= 15 is 0 Å². The monoisotopic (exact) mass is 144 g/mol. The highest BCUT2D eigenvalue weighted by molar-refractivity contribution is 4.61. The van der Waals surface area contributed by atoms with Crippen LogP contribution in [0.3, 0.4) is 0 Å². The first-order chi connectivity index (χ1) is 4.79. The van der Waals surface area contributed by atoms with Gasteiger partial charge < -0.3 is 10.2 Å². The highest BCUT2D eigenvalue weighted by atomic mass is 15.2. The van der Waals surface area contributed by atoms with Gasteiger partial charge >= 0.3 is 0 Å². The third kappa shape index (κ3) is 3.85. The van der Waals surface area contributed by atoms with Crippen molar-refractivity contribution in [2.75, 3.05) is 19.6 Å². The molecule has 1 aliphatic rings. The topological polar surface area (TPSA) is 16.5 Å². The first-order valence-corrected chi connectivity index (χ1v) is 4.19. The minimum Gasteiger partial charge on any atom is -0.466 e. The van der Waals surface area contributed by atoms with E-state index in [0.717, 1.165) is 6.54 Å². The van der Waals surface area contributed by atoms with E-state index in [1.54, 1.807) is 0 Å². The lowest BCUT2D eigenvalue weighted by Crippen LogP contribution is -3.10. The molecule has 1 rings (SSSR count). The molecule has 2 atom stereocenters. The summed E-state index contributed by atoms with van der Waals surface area (Å²) in [7, 11) is 3.92. The van der Waals surface area contributed by atoms with Crippen molar-refractivity contribution in [3.63, 3.8) is 0 Å². The van der Waals surface area contributed by atoms with Crippen LogP contribution in [0.4, 0.5) is 0 Å². The zero-order valence-corrected chi connectivity index (χ0v) is 7.41. The molecule has 10 heavy (non-hydrogen) atoms. The molecule has 2 heteroatoms. The van der Waals surface area contributed by atoms with E-state index in [0.29, 0.717) is 6.04 Å². The fourth-order valence-electron chi connectivity index (χ4n) is 1.10. The van der Waals surface area contributed by atoms with Crippen molar-refractivity contribution in [1.82, 2.24) is 5.32 Å². The average molecular weight is 144 g/mol. The van der Waals surface area contributed by atoms with E-state index in [9.17, 15) is 0 Å². The Balaban J connectivity index is 0.000000371. The Kier molecular flexibility index (Phi) is 5.64. The van der Waals surface area contributed by atoms with Crippen molar-refractivity contribution in [2.45, 2.75) is 26.8 Å². The van der Waals surface area contributed by atoms with Crippen molar-refractivity contribution in [1.29, 1.82) is 0 Å². The van der Waals surface area contributed by atoms with Gasteiger partial charge in [-0.15, -0.1) is 0 Å². The molecule has 1 fully saturated rings. The molecule has 62 valence electrons. The molecule has 0 radical (unpaired) electrons. The maximum absolute atomic E-state index is 3.92. The molecule has 0 bridgehead atoms. The van der Waals surface area contributed by atoms with Gasteiger partial charge in [0.05, 0.1) is 19.1 Å². The molecule has 2 nitrogen and oxygen atoms in total. The molecule has 0 saturated carbocycles. The van der Waals surface area contributed by atoms with Crippen molar-refractivity contribution < 1.29 is 4.90 Å². The molecule has 1 heterocycles. The number of quaternary nitrogens is 1. The lowest BCUT2D eigenvalue weighted by Gasteiger charge is -2.30. The van der Waals surface area contributed by atoms with Gasteiger partial charge in [-0.05, 0) is 6.92 Å². The first-order valence-electron chi connectivity index (χ1n) is 4.19. The number of hydrogen-bond donors (Lipinski definition) is 2. The molecular formula is C8H20N2. The van der Waals surface area contributed by atoms with Crippen LogP contribution in [0.15, 0.2) is 0 Å². The summed E-state index contributed by atoms with van der Waals surface area (Å²) >= 11 is 0. The minimum atomic E-state index is 0.663. The maximum atomic E-state index is 3.92. The highest BCUT2D eigenvalue weighted by Crippen LogP contribution is 1.76.